The van der Waals surface area contributed by atoms with Gasteiger partial charge in [0, 0.05) is 19.0 Å². The number of benzene rings is 3. The van der Waals surface area contributed by atoms with Gasteiger partial charge in [-0.05, 0) is 42.5 Å². The van der Waals surface area contributed by atoms with Crippen LogP contribution >= 0.6 is 0 Å². The van der Waals surface area contributed by atoms with Gasteiger partial charge < -0.3 is 10.2 Å². The van der Waals surface area contributed by atoms with Crippen molar-refractivity contribution < 1.29 is 14.0 Å². The molecule has 0 unspecified atom stereocenters. The van der Waals surface area contributed by atoms with E-state index in [-0.39, 0.29) is 30.8 Å². The molecule has 188 valence electrons. The summed E-state index contributed by atoms with van der Waals surface area (Å²) in [5.74, 6) is -0.811. The van der Waals surface area contributed by atoms with Crippen LogP contribution in [0.3, 0.4) is 0 Å². The van der Waals surface area contributed by atoms with Gasteiger partial charge in [0.2, 0.25) is 11.8 Å². The molecule has 0 saturated heterocycles. The third-order valence-corrected chi connectivity index (χ3v) is 6.96. The Morgan fingerprint density at radius 1 is 0.917 bits per heavy atom. The monoisotopic (exact) mass is 486 g/mol. The molecule has 5 heteroatoms. The molecule has 0 spiro atoms. The minimum absolute atomic E-state index is 0.0967. The fourth-order valence-corrected chi connectivity index (χ4v) is 5.01. The average molecular weight is 487 g/mol. The van der Waals surface area contributed by atoms with Crippen LogP contribution in [0, 0.1) is 12.7 Å². The van der Waals surface area contributed by atoms with Gasteiger partial charge >= 0.3 is 0 Å². The van der Waals surface area contributed by atoms with Gasteiger partial charge in [0.15, 0.2) is 0 Å². The smallest absolute Gasteiger partial charge is 0.243 e. The molecule has 0 radical (unpaired) electrons. The van der Waals surface area contributed by atoms with Gasteiger partial charge in [-0.25, -0.2) is 4.39 Å². The molecule has 1 saturated carbocycles. The molecule has 1 aliphatic rings. The summed E-state index contributed by atoms with van der Waals surface area (Å²) in [5, 5.41) is 3.24. The second kappa shape index (κ2) is 12.5. The van der Waals surface area contributed by atoms with Crippen molar-refractivity contribution in [1.29, 1.82) is 0 Å². The Hall–Kier alpha value is -3.47. The summed E-state index contributed by atoms with van der Waals surface area (Å²) in [6.07, 6.45) is 5.63. The molecule has 1 fully saturated rings. The normalized spacial score (nSPS) is 14.7. The molecule has 1 N–H and O–H groups in total. The topological polar surface area (TPSA) is 49.4 Å². The van der Waals surface area contributed by atoms with E-state index in [2.05, 4.69) is 5.32 Å². The Bertz CT molecular complexity index is 1160. The second-order valence-electron chi connectivity index (χ2n) is 9.83. The lowest BCUT2D eigenvalue weighted by Gasteiger charge is -2.33. The zero-order valence-electron chi connectivity index (χ0n) is 21.0. The fraction of sp³-hybridized carbons (Fsp3) is 0.355. The van der Waals surface area contributed by atoms with Crippen molar-refractivity contribution in [1.82, 2.24) is 10.2 Å². The summed E-state index contributed by atoms with van der Waals surface area (Å²) in [4.78, 5) is 29.2. The van der Waals surface area contributed by atoms with Gasteiger partial charge in [0.1, 0.15) is 11.9 Å². The van der Waals surface area contributed by atoms with Crippen LogP contribution in [0.15, 0.2) is 78.9 Å². The van der Waals surface area contributed by atoms with Crippen molar-refractivity contribution >= 4 is 11.8 Å². The maximum atomic E-state index is 14.5. The van der Waals surface area contributed by atoms with Crippen LogP contribution in [0.4, 0.5) is 4.39 Å². The first kappa shape index (κ1) is 25.6. The molecule has 2 amide bonds. The molecule has 0 aromatic heterocycles. The third-order valence-electron chi connectivity index (χ3n) is 6.96. The van der Waals surface area contributed by atoms with E-state index in [4.69, 9.17) is 0 Å². The van der Waals surface area contributed by atoms with Gasteiger partial charge in [-0.3, -0.25) is 9.59 Å². The van der Waals surface area contributed by atoms with Gasteiger partial charge in [0.25, 0.3) is 0 Å². The van der Waals surface area contributed by atoms with E-state index in [1.165, 1.54) is 12.5 Å². The number of carbonyl (C=O) groups is 2. The fourth-order valence-electron chi connectivity index (χ4n) is 5.01. The van der Waals surface area contributed by atoms with Crippen molar-refractivity contribution in [2.45, 2.75) is 70.5 Å². The van der Waals surface area contributed by atoms with Crippen LogP contribution in [0.1, 0.15) is 54.4 Å². The van der Waals surface area contributed by atoms with Gasteiger partial charge in [-0.1, -0.05) is 97.6 Å². The molecule has 3 aromatic carbocycles. The van der Waals surface area contributed by atoms with E-state index in [0.717, 1.165) is 42.4 Å². The van der Waals surface area contributed by atoms with Crippen LogP contribution < -0.4 is 5.32 Å². The number of amides is 2. The third kappa shape index (κ3) is 7.03. The highest BCUT2D eigenvalue weighted by Gasteiger charge is 2.32. The minimum Gasteiger partial charge on any atom is -0.352 e. The van der Waals surface area contributed by atoms with E-state index >= 15 is 0 Å². The quantitative estimate of drug-likeness (QED) is 0.418. The summed E-state index contributed by atoms with van der Waals surface area (Å²) < 4.78 is 14.5. The first-order valence-electron chi connectivity index (χ1n) is 12.9. The molecular weight excluding hydrogens is 451 g/mol. The average Bonchev–Trinajstić information content (AvgIpc) is 2.88. The Labute approximate surface area is 213 Å². The Morgan fingerprint density at radius 3 is 2.33 bits per heavy atom. The number of halogens is 1. The molecule has 0 aliphatic heterocycles. The SMILES string of the molecule is Cc1cccc(CN(C(=O)Cc2ccccc2F)[C@H](Cc2ccccc2)C(=O)NC2CCCCC2)c1. The minimum atomic E-state index is -0.700. The molecule has 1 aliphatic carbocycles. The molecule has 1 atom stereocenters. The summed E-state index contributed by atoms with van der Waals surface area (Å²) in [5.41, 5.74) is 3.35. The lowest BCUT2D eigenvalue weighted by atomic mass is 9.94. The first-order valence-corrected chi connectivity index (χ1v) is 12.9. The van der Waals surface area contributed by atoms with Crippen LogP contribution in [-0.4, -0.2) is 28.8 Å². The summed E-state index contributed by atoms with van der Waals surface area (Å²) in [6, 6.07) is 23.5. The predicted molar refractivity (Wildman–Crippen MR) is 141 cm³/mol. The summed E-state index contributed by atoms with van der Waals surface area (Å²) >= 11 is 0. The van der Waals surface area contributed by atoms with Crippen molar-refractivity contribution in [3.05, 3.63) is 107 Å². The molecule has 3 aromatic rings. The van der Waals surface area contributed by atoms with Crippen molar-refractivity contribution in [2.75, 3.05) is 0 Å². The summed E-state index contributed by atoms with van der Waals surface area (Å²) in [7, 11) is 0. The Balaban J connectivity index is 1.66. The number of nitrogens with one attached hydrogen (secondary N) is 1. The molecule has 0 heterocycles. The Kier molecular flexibility index (Phi) is 8.88. The van der Waals surface area contributed by atoms with Crippen molar-refractivity contribution in [2.24, 2.45) is 0 Å². The summed E-state index contributed by atoms with van der Waals surface area (Å²) in [6.45, 7) is 2.29. The number of rotatable bonds is 9. The van der Waals surface area contributed by atoms with Crippen LogP contribution in [0.25, 0.3) is 0 Å². The number of carbonyl (C=O) groups excluding carboxylic acids is 2. The van der Waals surface area contributed by atoms with Crippen LogP contribution in [0.5, 0.6) is 0 Å². The Morgan fingerprint density at radius 2 is 1.61 bits per heavy atom. The number of hydrogen-bond acceptors (Lipinski definition) is 2. The van der Waals surface area contributed by atoms with Gasteiger partial charge in [0.05, 0.1) is 6.42 Å². The maximum Gasteiger partial charge on any atom is 0.243 e. The van der Waals surface area contributed by atoms with E-state index in [1.807, 2.05) is 61.5 Å². The van der Waals surface area contributed by atoms with Crippen LogP contribution in [0.2, 0.25) is 0 Å². The second-order valence-corrected chi connectivity index (χ2v) is 9.83. The lowest BCUT2D eigenvalue weighted by molar-refractivity contribution is -0.141. The van der Waals surface area contributed by atoms with Gasteiger partial charge in [-0.15, -0.1) is 0 Å². The molecule has 36 heavy (non-hydrogen) atoms. The van der Waals surface area contributed by atoms with E-state index in [1.54, 1.807) is 23.1 Å². The lowest BCUT2D eigenvalue weighted by Crippen LogP contribution is -2.53. The molecule has 4 nitrogen and oxygen atoms in total. The van der Waals surface area contributed by atoms with Crippen LogP contribution in [-0.2, 0) is 29.0 Å². The van der Waals surface area contributed by atoms with Crippen molar-refractivity contribution in [3.63, 3.8) is 0 Å². The highest BCUT2D eigenvalue weighted by Crippen LogP contribution is 2.21. The molecular formula is C31H35FN2O2. The van der Waals surface area contributed by atoms with Gasteiger partial charge in [-0.2, -0.15) is 0 Å². The van der Waals surface area contributed by atoms with E-state index in [0.29, 0.717) is 12.0 Å². The highest BCUT2D eigenvalue weighted by atomic mass is 19.1. The van der Waals surface area contributed by atoms with Crippen molar-refractivity contribution in [3.8, 4) is 0 Å². The maximum absolute atomic E-state index is 14.5. The number of nitrogens with zero attached hydrogens (tertiary/aromatic N) is 1. The highest BCUT2D eigenvalue weighted by molar-refractivity contribution is 5.89. The predicted octanol–water partition coefficient (Wildman–Crippen LogP) is 5.77. The zero-order chi connectivity index (χ0) is 25.3. The first-order chi connectivity index (χ1) is 17.5. The largest absolute Gasteiger partial charge is 0.352 e. The standard InChI is InChI=1S/C31H35FN2O2/c1-23-11-10-14-25(19-23)22-34(30(35)21-26-15-8-9-18-28(26)32)29(20-24-12-4-2-5-13-24)31(36)33-27-16-6-3-7-17-27/h2,4-5,8-15,18-19,27,29H,3,6-7,16-17,20-22H2,1H3,(H,33,36)/t29-/m1/s1. The molecule has 4 rings (SSSR count). The molecule has 0 bridgehead atoms. The van der Waals surface area contributed by atoms with E-state index < -0.39 is 11.9 Å². The number of hydrogen-bond donors (Lipinski definition) is 1. The number of aryl methyl sites for hydroxylation is 1. The van der Waals surface area contributed by atoms with E-state index in [9.17, 15) is 14.0 Å². The zero-order valence-corrected chi connectivity index (χ0v) is 21.0.